The third-order valence-electron chi connectivity index (χ3n) is 4.68. The zero-order valence-corrected chi connectivity index (χ0v) is 19.3. The van der Waals surface area contributed by atoms with Crippen LogP contribution in [0.5, 0.6) is 5.75 Å². The molecule has 2 N–H and O–H groups in total. The van der Waals surface area contributed by atoms with Crippen molar-refractivity contribution < 1.29 is 40.3 Å². The van der Waals surface area contributed by atoms with Crippen LogP contribution < -0.4 is 18.8 Å². The van der Waals surface area contributed by atoms with Gasteiger partial charge < -0.3 is 14.7 Å². The van der Waals surface area contributed by atoms with Gasteiger partial charge in [-0.15, -0.1) is 0 Å². The number of ether oxygens (including phenoxy) is 2. The van der Waals surface area contributed by atoms with Crippen molar-refractivity contribution in [1.29, 1.82) is 0 Å². The molecule has 0 saturated carbocycles. The minimum absolute atomic E-state index is 0.0983. The van der Waals surface area contributed by atoms with Crippen molar-refractivity contribution in [2.75, 3.05) is 29.4 Å². The maximum atomic E-state index is 13.2. The number of nitrogens with zero attached hydrogens (tertiary/aromatic N) is 3. The summed E-state index contributed by atoms with van der Waals surface area (Å²) in [4.78, 5) is 12.5. The molecule has 1 atom stereocenters. The van der Waals surface area contributed by atoms with Crippen molar-refractivity contribution in [3.05, 3.63) is 40.8 Å². The van der Waals surface area contributed by atoms with E-state index >= 15 is 0 Å². The fraction of sp³-hybridized carbons (Fsp3) is 0.444. The molecule has 1 aromatic carbocycles. The monoisotopic (exact) mass is 527 g/mol. The number of urea groups is 1. The number of hydrogen-bond acceptors (Lipinski definition) is 7. The minimum Gasteiger partial charge on any atom is -0.608 e. The molecule has 188 valence electrons. The molecule has 0 radical (unpaired) electrons. The normalized spacial score (nSPS) is 16.2. The molecular formula is C18H21ClF3N5O6S. The van der Waals surface area contributed by atoms with E-state index in [9.17, 15) is 31.6 Å². The Morgan fingerprint density at radius 1 is 1.38 bits per heavy atom. The highest BCUT2D eigenvalue weighted by atomic mass is 35.5. The van der Waals surface area contributed by atoms with Gasteiger partial charge in [0, 0.05) is 37.5 Å². The van der Waals surface area contributed by atoms with E-state index in [1.807, 2.05) is 0 Å². The standard InChI is InChI=1S/C18H21ClF3N5O6S/c1-25-10-15(9-23-25)26(14-2-4-32-5-3-14)34(30,31)27(29)17(28)24-13-6-12(19)7-16(8-13)33-11-18(20,21)22/h6-10,14,27H,2-5,11H2,1H3,(H,24,28). The topological polar surface area (TPSA) is 130 Å². The number of benzene rings is 1. The fourth-order valence-electron chi connectivity index (χ4n) is 3.26. The van der Waals surface area contributed by atoms with Crippen LogP contribution in [-0.2, 0) is 22.0 Å². The number of carbonyl (C=O) groups excluding carboxylic acids is 1. The van der Waals surface area contributed by atoms with Crippen LogP contribution in [0.2, 0.25) is 5.02 Å². The summed E-state index contributed by atoms with van der Waals surface area (Å²) in [5.74, 6) is -0.338. The van der Waals surface area contributed by atoms with E-state index in [2.05, 4.69) is 15.2 Å². The Kier molecular flexibility index (Phi) is 7.92. The average molecular weight is 528 g/mol. The lowest BCUT2D eigenvalue weighted by Gasteiger charge is -2.35. The van der Waals surface area contributed by atoms with E-state index in [0.717, 1.165) is 22.5 Å². The molecule has 16 heteroatoms. The number of aromatic nitrogens is 2. The summed E-state index contributed by atoms with van der Waals surface area (Å²) in [7, 11) is -3.29. The quantitative estimate of drug-likeness (QED) is 0.526. The van der Waals surface area contributed by atoms with Crippen molar-refractivity contribution in [2.24, 2.45) is 7.05 Å². The summed E-state index contributed by atoms with van der Waals surface area (Å²) in [6, 6.07) is 0.999. The number of alkyl halides is 3. The van der Waals surface area contributed by atoms with Gasteiger partial charge in [-0.3, -0.25) is 10.00 Å². The molecule has 1 unspecified atom stereocenters. The van der Waals surface area contributed by atoms with Gasteiger partial charge in [-0.1, -0.05) is 11.6 Å². The van der Waals surface area contributed by atoms with E-state index in [4.69, 9.17) is 16.3 Å². The third-order valence-corrected chi connectivity index (χ3v) is 6.58. The summed E-state index contributed by atoms with van der Waals surface area (Å²) < 4.78 is 73.8. The average Bonchev–Trinajstić information content (AvgIpc) is 3.17. The highest BCUT2D eigenvalue weighted by molar-refractivity contribution is 7.86. The van der Waals surface area contributed by atoms with Gasteiger partial charge in [-0.05, 0) is 25.0 Å². The Hall–Kier alpha value is -2.59. The van der Waals surface area contributed by atoms with Crippen LogP contribution >= 0.6 is 11.6 Å². The molecular weight excluding hydrogens is 507 g/mol. The number of rotatable bonds is 7. The van der Waals surface area contributed by atoms with E-state index in [1.165, 1.54) is 17.1 Å². The van der Waals surface area contributed by atoms with Gasteiger partial charge in [0.1, 0.15) is 5.75 Å². The molecule has 34 heavy (non-hydrogen) atoms. The van der Waals surface area contributed by atoms with Gasteiger partial charge in [0.25, 0.3) is 0 Å². The molecule has 0 spiro atoms. The number of amides is 2. The number of hydrogen-bond donors (Lipinski definition) is 2. The molecule has 1 aliphatic heterocycles. The Labute approximate surface area is 197 Å². The van der Waals surface area contributed by atoms with Crippen LogP contribution in [0.15, 0.2) is 30.6 Å². The Bertz CT molecular complexity index is 1120. The van der Waals surface area contributed by atoms with E-state index in [0.29, 0.717) is 0 Å². The third kappa shape index (κ3) is 6.50. The first-order valence-electron chi connectivity index (χ1n) is 9.83. The minimum atomic E-state index is -4.85. The summed E-state index contributed by atoms with van der Waals surface area (Å²) >= 11 is 5.84. The molecule has 1 fully saturated rings. The molecule has 2 heterocycles. The number of aryl methyl sites for hydroxylation is 1. The predicted octanol–water partition coefficient (Wildman–Crippen LogP) is 1.86. The second kappa shape index (κ2) is 10.4. The molecule has 11 nitrogen and oxygen atoms in total. The van der Waals surface area contributed by atoms with Crippen molar-refractivity contribution in [3.63, 3.8) is 0 Å². The first-order valence-corrected chi connectivity index (χ1v) is 11.6. The number of hydroxylamine groups is 1. The summed E-state index contributed by atoms with van der Waals surface area (Å²) in [6.07, 6.45) is -1.40. The number of carbonyl (C=O) groups is 1. The van der Waals surface area contributed by atoms with Gasteiger partial charge in [-0.2, -0.15) is 31.2 Å². The van der Waals surface area contributed by atoms with Crippen LogP contribution in [0.25, 0.3) is 0 Å². The highest BCUT2D eigenvalue weighted by Crippen LogP contribution is 2.27. The van der Waals surface area contributed by atoms with Gasteiger partial charge in [0.2, 0.25) is 0 Å². The zero-order valence-electron chi connectivity index (χ0n) is 17.7. The summed E-state index contributed by atoms with van der Waals surface area (Å²) in [5.41, 5.74) is -0.127. The van der Waals surface area contributed by atoms with Crippen molar-refractivity contribution in [1.82, 2.24) is 9.78 Å². The number of nitrogens with one attached hydrogen (secondary N) is 2. The Balaban J connectivity index is 1.82. The van der Waals surface area contributed by atoms with Crippen LogP contribution in [0, 0.1) is 5.21 Å². The van der Waals surface area contributed by atoms with Gasteiger partial charge >= 0.3 is 22.4 Å². The molecule has 1 aliphatic rings. The molecule has 1 saturated heterocycles. The Morgan fingerprint density at radius 2 is 2.06 bits per heavy atom. The van der Waals surface area contributed by atoms with Crippen molar-refractivity contribution in [2.45, 2.75) is 25.1 Å². The zero-order chi connectivity index (χ0) is 25.1. The highest BCUT2D eigenvalue weighted by Gasteiger charge is 2.40. The number of halogens is 4. The molecule has 1 aromatic heterocycles. The lowest BCUT2D eigenvalue weighted by molar-refractivity contribution is -0.604. The predicted molar refractivity (Wildman–Crippen MR) is 115 cm³/mol. The summed E-state index contributed by atoms with van der Waals surface area (Å²) in [6.45, 7) is -1.08. The first kappa shape index (κ1) is 26.0. The van der Waals surface area contributed by atoms with Crippen LogP contribution in [-0.4, -0.2) is 56.3 Å². The van der Waals surface area contributed by atoms with Crippen LogP contribution in [0.1, 0.15) is 12.8 Å². The van der Waals surface area contributed by atoms with Gasteiger partial charge in [0.15, 0.2) is 6.61 Å². The SMILES string of the molecule is Cn1cc(N(C2CCOCC2)S(=O)(=O)[NH+]([O-])C(=O)Nc2cc(Cl)cc(OCC(F)(F)F)c2)cn1. The van der Waals surface area contributed by atoms with Crippen molar-refractivity contribution >= 4 is 39.2 Å². The second-order valence-corrected chi connectivity index (χ2v) is 9.49. The fourth-order valence-corrected chi connectivity index (χ4v) is 4.92. The van der Waals surface area contributed by atoms with E-state index < -0.39 is 39.5 Å². The van der Waals surface area contributed by atoms with Crippen molar-refractivity contribution in [3.8, 4) is 5.75 Å². The molecule has 0 aliphatic carbocycles. The Morgan fingerprint density at radius 3 is 2.65 bits per heavy atom. The molecule has 3 rings (SSSR count). The summed E-state index contributed by atoms with van der Waals surface area (Å²) in [5, 5.41) is 18.6. The van der Waals surface area contributed by atoms with Gasteiger partial charge in [0.05, 0.1) is 23.6 Å². The van der Waals surface area contributed by atoms with Gasteiger partial charge in [-0.25, -0.2) is 9.10 Å². The smallest absolute Gasteiger partial charge is 0.436 e. The molecule has 2 aromatic rings. The maximum absolute atomic E-state index is 13.2. The lowest BCUT2D eigenvalue weighted by atomic mass is 10.1. The number of quaternary nitrogens is 1. The van der Waals surface area contributed by atoms with E-state index in [-0.39, 0.29) is 48.2 Å². The molecule has 0 bridgehead atoms. The maximum Gasteiger partial charge on any atom is 0.436 e. The largest absolute Gasteiger partial charge is 0.608 e. The van der Waals surface area contributed by atoms with E-state index in [1.54, 1.807) is 7.05 Å². The number of anilines is 2. The van der Waals surface area contributed by atoms with Crippen LogP contribution in [0.3, 0.4) is 0 Å². The van der Waals surface area contributed by atoms with Crippen LogP contribution in [0.4, 0.5) is 29.3 Å². The first-order chi connectivity index (χ1) is 15.9. The second-order valence-electron chi connectivity index (χ2n) is 7.34. The lowest BCUT2D eigenvalue weighted by Crippen LogP contribution is -3.14. The molecule has 2 amide bonds.